The Morgan fingerprint density at radius 2 is 1.18 bits per heavy atom. The molecule has 0 bridgehead atoms. The van der Waals surface area contributed by atoms with Crippen molar-refractivity contribution in [2.24, 2.45) is 0 Å². The number of phenols is 5. The lowest BCUT2D eigenvalue weighted by atomic mass is 9.90. The zero-order chi connectivity index (χ0) is 23.6. The van der Waals surface area contributed by atoms with Crippen LogP contribution in [0, 0.1) is 0 Å². The van der Waals surface area contributed by atoms with Crippen LogP contribution in [0.5, 0.6) is 28.7 Å². The molecule has 0 fully saturated rings. The van der Waals surface area contributed by atoms with Crippen LogP contribution in [-0.4, -0.2) is 45.8 Å². The van der Waals surface area contributed by atoms with Crippen LogP contribution in [-0.2, 0) is 0 Å². The van der Waals surface area contributed by atoms with E-state index in [0.717, 1.165) is 11.1 Å². The second kappa shape index (κ2) is 7.42. The molecule has 0 aliphatic rings. The topological polar surface area (TPSA) is 106 Å². The van der Waals surface area contributed by atoms with E-state index in [1.165, 1.54) is 7.85 Å². The molecule has 0 aliphatic heterocycles. The fourth-order valence-corrected chi connectivity index (χ4v) is 4.74. The zero-order valence-corrected chi connectivity index (χ0v) is 19.3. The van der Waals surface area contributed by atoms with E-state index >= 15 is 0 Å². The predicted molar refractivity (Wildman–Crippen MR) is 139 cm³/mol. The van der Waals surface area contributed by atoms with Crippen molar-refractivity contribution in [1.29, 1.82) is 0 Å². The van der Waals surface area contributed by atoms with E-state index in [2.05, 4.69) is 15.9 Å². The minimum Gasteiger partial charge on any atom is -0.506 e. The maximum Gasteiger partial charge on any atom is 0.167 e. The molecule has 0 saturated heterocycles. The highest BCUT2D eigenvalue weighted by Gasteiger charge is 2.29. The average Bonchev–Trinajstić information content (AvgIpc) is 3.20. The van der Waals surface area contributed by atoms with Crippen molar-refractivity contribution in [2.45, 2.75) is 0 Å². The summed E-state index contributed by atoms with van der Waals surface area (Å²) in [6, 6.07) is 17.2. The van der Waals surface area contributed by atoms with E-state index in [1.807, 2.05) is 48.5 Å². The van der Waals surface area contributed by atoms with Crippen LogP contribution >= 0.6 is 15.9 Å². The number of aromatic nitrogens is 1. The molecule has 0 saturated carbocycles. The highest BCUT2D eigenvalue weighted by atomic mass is 79.9. The second-order valence-electron chi connectivity index (χ2n) is 8.01. The van der Waals surface area contributed by atoms with Crippen LogP contribution in [0.3, 0.4) is 0 Å². The first-order valence-electron chi connectivity index (χ1n) is 10.2. The van der Waals surface area contributed by atoms with Crippen molar-refractivity contribution in [1.82, 2.24) is 4.57 Å². The molecule has 5 aromatic rings. The Morgan fingerprint density at radius 3 is 1.85 bits per heavy atom. The standard InChI is InChI=1S/C24H18B2BrNO5/c25-15-17(27)20(29)13-14-19(23(32)16(26)24(33)21(14)30)28(18(13)22(15)31)12-8-4-7-11(9-12)10-5-2-1-3-6-10/h1-9,29-33H,25-26H2. The van der Waals surface area contributed by atoms with Gasteiger partial charge in [0.1, 0.15) is 32.9 Å². The molecule has 4 aromatic carbocycles. The van der Waals surface area contributed by atoms with E-state index in [9.17, 15) is 25.5 Å². The Bertz CT molecular complexity index is 1520. The third-order valence-electron chi connectivity index (χ3n) is 6.13. The van der Waals surface area contributed by atoms with Crippen LogP contribution < -0.4 is 10.9 Å². The molecule has 0 spiro atoms. The molecular weight excluding hydrogens is 484 g/mol. The first-order chi connectivity index (χ1) is 15.7. The Kier molecular flexibility index (Phi) is 4.76. The Balaban J connectivity index is 2.02. The van der Waals surface area contributed by atoms with E-state index in [4.69, 9.17) is 0 Å². The number of nitrogens with zero attached hydrogens (tertiary/aromatic N) is 1. The molecule has 9 heteroatoms. The van der Waals surface area contributed by atoms with Crippen LogP contribution in [0.1, 0.15) is 0 Å². The lowest BCUT2D eigenvalue weighted by molar-refractivity contribution is 0.406. The van der Waals surface area contributed by atoms with Gasteiger partial charge in [0.25, 0.3) is 0 Å². The van der Waals surface area contributed by atoms with Crippen LogP contribution in [0.15, 0.2) is 59.1 Å². The lowest BCUT2D eigenvalue weighted by Gasteiger charge is -2.14. The fraction of sp³-hybridized carbons (Fsp3) is 0. The summed E-state index contributed by atoms with van der Waals surface area (Å²) < 4.78 is 1.84. The van der Waals surface area contributed by atoms with Crippen molar-refractivity contribution in [2.75, 3.05) is 0 Å². The monoisotopic (exact) mass is 501 g/mol. The van der Waals surface area contributed by atoms with Gasteiger partial charge in [0, 0.05) is 5.69 Å². The molecule has 0 radical (unpaired) electrons. The minimum atomic E-state index is -0.493. The van der Waals surface area contributed by atoms with Gasteiger partial charge < -0.3 is 30.1 Å². The molecular formula is C24H18B2BrNO5. The van der Waals surface area contributed by atoms with Crippen LogP contribution in [0.2, 0.25) is 0 Å². The zero-order valence-electron chi connectivity index (χ0n) is 17.8. The number of aromatic hydroxyl groups is 5. The summed E-state index contributed by atoms with van der Waals surface area (Å²) in [6.45, 7) is 0. The van der Waals surface area contributed by atoms with E-state index in [1.54, 1.807) is 18.5 Å². The summed E-state index contributed by atoms with van der Waals surface area (Å²) in [4.78, 5) is 0. The molecule has 1 heterocycles. The Labute approximate surface area is 198 Å². The number of fused-ring (bicyclic) bond motifs is 3. The van der Waals surface area contributed by atoms with Crippen molar-refractivity contribution in [3.05, 3.63) is 59.1 Å². The summed E-state index contributed by atoms with van der Waals surface area (Å²) in [5, 5.41) is 54.6. The van der Waals surface area contributed by atoms with Gasteiger partial charge in [-0.25, -0.2) is 0 Å². The molecule has 5 N–H and O–H groups in total. The predicted octanol–water partition coefficient (Wildman–Crippen LogP) is 2.26. The van der Waals surface area contributed by atoms with E-state index in [-0.39, 0.29) is 49.0 Å². The smallest absolute Gasteiger partial charge is 0.167 e. The second-order valence-corrected chi connectivity index (χ2v) is 8.80. The number of rotatable bonds is 2. The van der Waals surface area contributed by atoms with Gasteiger partial charge in [-0.3, -0.25) is 0 Å². The van der Waals surface area contributed by atoms with Gasteiger partial charge in [-0.1, -0.05) is 42.5 Å². The van der Waals surface area contributed by atoms with Crippen molar-refractivity contribution in [3.63, 3.8) is 0 Å². The molecule has 0 unspecified atom stereocenters. The van der Waals surface area contributed by atoms with Gasteiger partial charge in [-0.05, 0) is 50.1 Å². The maximum atomic E-state index is 11.1. The van der Waals surface area contributed by atoms with Gasteiger partial charge in [0.2, 0.25) is 0 Å². The number of phenolic OH excluding ortho intramolecular Hbond substituents is 5. The molecule has 1 aromatic heterocycles. The summed E-state index contributed by atoms with van der Waals surface area (Å²) in [6.07, 6.45) is 0. The number of hydrogen-bond donors (Lipinski definition) is 5. The van der Waals surface area contributed by atoms with Crippen molar-refractivity contribution < 1.29 is 25.5 Å². The van der Waals surface area contributed by atoms with Crippen LogP contribution in [0.25, 0.3) is 38.6 Å². The maximum absolute atomic E-state index is 11.1. The molecule has 5 rings (SSSR count). The molecule has 0 atom stereocenters. The molecule has 33 heavy (non-hydrogen) atoms. The normalized spacial score (nSPS) is 11.4. The largest absolute Gasteiger partial charge is 0.506 e. The van der Waals surface area contributed by atoms with Gasteiger partial charge >= 0.3 is 0 Å². The number of benzene rings is 4. The average molecular weight is 502 g/mol. The molecule has 6 nitrogen and oxygen atoms in total. The highest BCUT2D eigenvalue weighted by Crippen LogP contribution is 2.50. The quantitative estimate of drug-likeness (QED) is 0.145. The first kappa shape index (κ1) is 21.2. The summed E-state index contributed by atoms with van der Waals surface area (Å²) in [5.74, 6) is -1.61. The van der Waals surface area contributed by atoms with Crippen molar-refractivity contribution >= 4 is 64.4 Å². The van der Waals surface area contributed by atoms with Gasteiger partial charge in [0.05, 0.1) is 26.3 Å². The molecule has 0 amide bonds. The SMILES string of the molecule is Bc1c(O)c(O)c2c3c(O)c(Br)c(B)c(O)c3n(-c3cccc(-c4ccccc4)c3)c2c1O. The minimum absolute atomic E-state index is 0.0317. The van der Waals surface area contributed by atoms with Gasteiger partial charge in [-0.15, -0.1) is 0 Å². The van der Waals surface area contributed by atoms with Crippen LogP contribution in [0.4, 0.5) is 0 Å². The highest BCUT2D eigenvalue weighted by molar-refractivity contribution is 9.10. The van der Waals surface area contributed by atoms with E-state index < -0.39 is 11.5 Å². The lowest BCUT2D eigenvalue weighted by Crippen LogP contribution is -2.08. The fourth-order valence-electron chi connectivity index (χ4n) is 4.35. The van der Waals surface area contributed by atoms with E-state index in [0.29, 0.717) is 11.2 Å². The summed E-state index contributed by atoms with van der Waals surface area (Å²) >= 11 is 3.29. The number of halogens is 1. The molecule has 0 aliphatic carbocycles. The number of hydrogen-bond acceptors (Lipinski definition) is 5. The van der Waals surface area contributed by atoms with Gasteiger partial charge in [0.15, 0.2) is 11.5 Å². The summed E-state index contributed by atoms with van der Waals surface area (Å²) in [5.41, 5.74) is 3.30. The summed E-state index contributed by atoms with van der Waals surface area (Å²) in [7, 11) is 3.12. The third-order valence-corrected chi connectivity index (χ3v) is 7.10. The third kappa shape index (κ3) is 2.89. The first-order valence-corrected chi connectivity index (χ1v) is 11.0. The van der Waals surface area contributed by atoms with Crippen molar-refractivity contribution in [3.8, 4) is 45.6 Å². The van der Waals surface area contributed by atoms with Gasteiger partial charge in [-0.2, -0.15) is 0 Å². The molecule has 162 valence electrons. The Morgan fingerprint density at radius 1 is 0.606 bits per heavy atom. The Hall–Kier alpha value is -3.71.